The Labute approximate surface area is 146 Å². The van der Waals surface area contributed by atoms with Crippen LogP contribution in [0.25, 0.3) is 0 Å². The summed E-state index contributed by atoms with van der Waals surface area (Å²) in [4.78, 5) is 6.76. The van der Waals surface area contributed by atoms with Crippen molar-refractivity contribution in [2.24, 2.45) is 16.8 Å². The van der Waals surface area contributed by atoms with Crippen LogP contribution in [0.2, 0.25) is 0 Å². The van der Waals surface area contributed by atoms with Crippen LogP contribution < -0.4 is 5.32 Å². The highest BCUT2D eigenvalue weighted by molar-refractivity contribution is 14.0. The van der Waals surface area contributed by atoms with Gasteiger partial charge in [0.1, 0.15) is 0 Å². The van der Waals surface area contributed by atoms with E-state index in [4.69, 9.17) is 0 Å². The highest BCUT2D eigenvalue weighted by atomic mass is 127. The molecule has 7 heteroatoms. The zero-order valence-corrected chi connectivity index (χ0v) is 16.8. The van der Waals surface area contributed by atoms with Crippen LogP contribution >= 0.6 is 24.0 Å². The third kappa shape index (κ3) is 7.67. The number of hydrogen-bond acceptors (Lipinski definition) is 3. The van der Waals surface area contributed by atoms with Gasteiger partial charge in [0.25, 0.3) is 0 Å². The number of aliphatic imine (C=N–C) groups is 1. The molecule has 2 atom stereocenters. The predicted molar refractivity (Wildman–Crippen MR) is 100 cm³/mol. The van der Waals surface area contributed by atoms with E-state index in [0.29, 0.717) is 18.4 Å². The van der Waals surface area contributed by atoms with Gasteiger partial charge in [0.2, 0.25) is 0 Å². The lowest BCUT2D eigenvalue weighted by Gasteiger charge is -2.37. The Morgan fingerprint density at radius 2 is 1.81 bits per heavy atom. The number of likely N-dealkylation sites (tertiary alicyclic amines) is 1. The topological polar surface area (TPSA) is 61.8 Å². The van der Waals surface area contributed by atoms with E-state index in [1.807, 2.05) is 6.92 Å². The zero-order chi connectivity index (χ0) is 15.2. The molecule has 21 heavy (non-hydrogen) atoms. The van der Waals surface area contributed by atoms with Crippen LogP contribution in [0.1, 0.15) is 34.1 Å². The van der Waals surface area contributed by atoms with E-state index >= 15 is 0 Å². The number of sulfone groups is 1. The van der Waals surface area contributed by atoms with Gasteiger partial charge in [0, 0.05) is 25.4 Å². The Balaban J connectivity index is 0.00000400. The van der Waals surface area contributed by atoms with Gasteiger partial charge < -0.3 is 10.2 Å². The van der Waals surface area contributed by atoms with Crippen LogP contribution in [0, 0.1) is 11.8 Å². The molecule has 0 aromatic heterocycles. The molecular weight excluding hydrogens is 401 g/mol. The summed E-state index contributed by atoms with van der Waals surface area (Å²) >= 11 is 0. The van der Waals surface area contributed by atoms with Crippen molar-refractivity contribution in [1.29, 1.82) is 0 Å². The number of halogens is 1. The number of hydrogen-bond donors (Lipinski definition) is 1. The van der Waals surface area contributed by atoms with Crippen molar-refractivity contribution in [3.63, 3.8) is 0 Å². The molecule has 1 N–H and O–H groups in total. The van der Waals surface area contributed by atoms with Gasteiger partial charge in [-0.3, -0.25) is 4.99 Å². The summed E-state index contributed by atoms with van der Waals surface area (Å²) in [6.07, 6.45) is 1.25. The fourth-order valence-corrected chi connectivity index (χ4v) is 3.35. The smallest absolute Gasteiger partial charge is 0.193 e. The second-order valence-electron chi connectivity index (χ2n) is 5.82. The standard InChI is InChI=1S/C14H29N3O2S.HI/c1-5-15-14(16-7-8-20(18,19)6-2)17-10-12(3)9-13(4)11-17;/h12-13H,5-11H2,1-4H3,(H,15,16);1H. The summed E-state index contributed by atoms with van der Waals surface area (Å²) in [5.74, 6) is 2.50. The first-order valence-corrected chi connectivity index (χ1v) is 9.43. The Hall–Kier alpha value is -0.0500. The number of piperidine rings is 1. The molecule has 0 amide bonds. The van der Waals surface area contributed by atoms with Gasteiger partial charge in [-0.25, -0.2) is 8.42 Å². The third-order valence-electron chi connectivity index (χ3n) is 3.61. The first-order valence-electron chi connectivity index (χ1n) is 7.61. The molecule has 1 aliphatic heterocycles. The molecule has 1 aliphatic rings. The van der Waals surface area contributed by atoms with E-state index in [-0.39, 0.29) is 35.5 Å². The van der Waals surface area contributed by atoms with Crippen LogP contribution in [0.15, 0.2) is 4.99 Å². The fourth-order valence-electron chi connectivity index (χ4n) is 2.70. The van der Waals surface area contributed by atoms with Crippen molar-refractivity contribution in [1.82, 2.24) is 10.2 Å². The van der Waals surface area contributed by atoms with Crippen molar-refractivity contribution < 1.29 is 8.42 Å². The van der Waals surface area contributed by atoms with Gasteiger partial charge in [-0.1, -0.05) is 20.8 Å². The first kappa shape index (κ1) is 20.9. The molecule has 0 saturated carbocycles. The summed E-state index contributed by atoms with van der Waals surface area (Å²) in [7, 11) is -2.94. The van der Waals surface area contributed by atoms with Crippen molar-refractivity contribution in [3.05, 3.63) is 0 Å². The summed E-state index contributed by atoms with van der Waals surface area (Å²) in [5, 5.41) is 3.28. The fraction of sp³-hybridized carbons (Fsp3) is 0.929. The van der Waals surface area contributed by atoms with E-state index in [2.05, 4.69) is 29.1 Å². The maximum absolute atomic E-state index is 11.5. The highest BCUT2D eigenvalue weighted by Crippen LogP contribution is 2.20. The third-order valence-corrected chi connectivity index (χ3v) is 5.29. The molecule has 5 nitrogen and oxygen atoms in total. The van der Waals surface area contributed by atoms with Gasteiger partial charge in [-0.2, -0.15) is 0 Å². The molecule has 0 spiro atoms. The number of nitrogens with one attached hydrogen (secondary N) is 1. The Kier molecular flexibility index (Phi) is 9.84. The minimum Gasteiger partial charge on any atom is -0.357 e. The lowest BCUT2D eigenvalue weighted by molar-refractivity contribution is 0.208. The van der Waals surface area contributed by atoms with Crippen molar-refractivity contribution in [2.45, 2.75) is 34.1 Å². The Morgan fingerprint density at radius 3 is 2.29 bits per heavy atom. The minimum atomic E-state index is -2.94. The monoisotopic (exact) mass is 431 g/mol. The van der Waals surface area contributed by atoms with Gasteiger partial charge in [0.15, 0.2) is 15.8 Å². The van der Waals surface area contributed by atoms with E-state index in [1.54, 1.807) is 6.92 Å². The second kappa shape index (κ2) is 9.86. The average Bonchev–Trinajstić information content (AvgIpc) is 2.36. The van der Waals surface area contributed by atoms with Crippen LogP contribution in [0.3, 0.4) is 0 Å². The Morgan fingerprint density at radius 1 is 1.24 bits per heavy atom. The van der Waals surface area contributed by atoms with Crippen LogP contribution in [-0.2, 0) is 9.84 Å². The molecule has 1 heterocycles. The molecule has 0 aromatic rings. The summed E-state index contributed by atoms with van der Waals surface area (Å²) in [6.45, 7) is 11.4. The molecule has 0 aromatic carbocycles. The van der Waals surface area contributed by atoms with E-state index in [0.717, 1.165) is 25.6 Å². The molecule has 1 fully saturated rings. The molecule has 2 unspecified atom stereocenters. The molecule has 1 saturated heterocycles. The molecule has 0 bridgehead atoms. The van der Waals surface area contributed by atoms with Crippen molar-refractivity contribution >= 4 is 39.8 Å². The zero-order valence-electron chi connectivity index (χ0n) is 13.6. The number of guanidine groups is 1. The second-order valence-corrected chi connectivity index (χ2v) is 8.30. The van der Waals surface area contributed by atoms with E-state index in [9.17, 15) is 8.42 Å². The number of rotatable bonds is 5. The maximum atomic E-state index is 11.5. The van der Waals surface area contributed by atoms with Gasteiger partial charge in [-0.05, 0) is 25.2 Å². The molecule has 0 radical (unpaired) electrons. The predicted octanol–water partition coefficient (Wildman–Crippen LogP) is 1.98. The maximum Gasteiger partial charge on any atom is 0.193 e. The van der Waals surface area contributed by atoms with E-state index in [1.165, 1.54) is 6.42 Å². The van der Waals surface area contributed by atoms with Crippen LogP contribution in [-0.4, -0.2) is 57.0 Å². The normalized spacial score (nSPS) is 23.6. The molecule has 1 rings (SSSR count). The summed E-state index contributed by atoms with van der Waals surface area (Å²) in [6, 6.07) is 0. The van der Waals surface area contributed by atoms with Gasteiger partial charge >= 0.3 is 0 Å². The summed E-state index contributed by atoms with van der Waals surface area (Å²) < 4.78 is 23.0. The SMILES string of the molecule is CCNC(=NCCS(=O)(=O)CC)N1CC(C)CC(C)C1.I. The van der Waals surface area contributed by atoms with Crippen LogP contribution in [0.4, 0.5) is 0 Å². The molecular formula is C14H30IN3O2S. The van der Waals surface area contributed by atoms with Gasteiger partial charge in [-0.15, -0.1) is 24.0 Å². The van der Waals surface area contributed by atoms with E-state index < -0.39 is 9.84 Å². The van der Waals surface area contributed by atoms with Gasteiger partial charge in [0.05, 0.1) is 12.3 Å². The number of nitrogens with zero attached hydrogens (tertiary/aromatic N) is 2. The lowest BCUT2D eigenvalue weighted by atomic mass is 9.92. The summed E-state index contributed by atoms with van der Waals surface area (Å²) in [5.41, 5.74) is 0. The first-order chi connectivity index (χ1) is 9.38. The minimum absolute atomic E-state index is 0. The van der Waals surface area contributed by atoms with Crippen LogP contribution in [0.5, 0.6) is 0 Å². The molecule has 0 aliphatic carbocycles. The average molecular weight is 431 g/mol. The molecule has 126 valence electrons. The highest BCUT2D eigenvalue weighted by Gasteiger charge is 2.24. The van der Waals surface area contributed by atoms with Crippen molar-refractivity contribution in [3.8, 4) is 0 Å². The van der Waals surface area contributed by atoms with Crippen molar-refractivity contribution in [2.75, 3.05) is 37.7 Å². The quantitative estimate of drug-likeness (QED) is 0.411. The Bertz CT molecular complexity index is 416. The largest absolute Gasteiger partial charge is 0.357 e. The lowest BCUT2D eigenvalue weighted by Crippen LogP contribution is -2.48.